The zero-order chi connectivity index (χ0) is 11.5. The Morgan fingerprint density at radius 1 is 1.25 bits per heavy atom. The lowest BCUT2D eigenvalue weighted by Gasteiger charge is -2.37. The van der Waals surface area contributed by atoms with Crippen LogP contribution in [0, 0.1) is 11.8 Å². The second-order valence-corrected chi connectivity index (χ2v) is 5.84. The van der Waals surface area contributed by atoms with Gasteiger partial charge in [-0.3, -0.25) is 0 Å². The SMILES string of the molecule is CCC1NCCN(C)[C@@H](C2CCCC2)[C@@H]1C. The first-order valence-electron chi connectivity index (χ1n) is 7.17. The van der Waals surface area contributed by atoms with E-state index in [1.165, 1.54) is 45.2 Å². The summed E-state index contributed by atoms with van der Waals surface area (Å²) in [6.45, 7) is 7.18. The fourth-order valence-corrected chi connectivity index (χ4v) is 4.00. The van der Waals surface area contributed by atoms with Gasteiger partial charge in [-0.2, -0.15) is 0 Å². The van der Waals surface area contributed by atoms with Crippen LogP contribution < -0.4 is 5.32 Å². The van der Waals surface area contributed by atoms with Gasteiger partial charge in [0, 0.05) is 25.2 Å². The predicted molar refractivity (Wildman–Crippen MR) is 69.6 cm³/mol. The van der Waals surface area contributed by atoms with E-state index >= 15 is 0 Å². The van der Waals surface area contributed by atoms with E-state index in [0.717, 1.165) is 23.9 Å². The average molecular weight is 224 g/mol. The Morgan fingerprint density at radius 3 is 2.56 bits per heavy atom. The number of rotatable bonds is 2. The van der Waals surface area contributed by atoms with Crippen molar-refractivity contribution in [3.63, 3.8) is 0 Å². The average Bonchev–Trinajstić information content (AvgIpc) is 2.73. The van der Waals surface area contributed by atoms with Crippen LogP contribution in [0.25, 0.3) is 0 Å². The topological polar surface area (TPSA) is 15.3 Å². The van der Waals surface area contributed by atoms with Crippen molar-refractivity contribution in [1.29, 1.82) is 0 Å². The monoisotopic (exact) mass is 224 g/mol. The number of nitrogens with zero attached hydrogens (tertiary/aromatic N) is 1. The van der Waals surface area contributed by atoms with E-state index in [1.807, 2.05) is 0 Å². The second-order valence-electron chi connectivity index (χ2n) is 5.84. The van der Waals surface area contributed by atoms with Crippen molar-refractivity contribution < 1.29 is 0 Å². The van der Waals surface area contributed by atoms with Crippen molar-refractivity contribution in [2.24, 2.45) is 11.8 Å². The summed E-state index contributed by atoms with van der Waals surface area (Å²) in [6.07, 6.45) is 7.14. The van der Waals surface area contributed by atoms with E-state index in [1.54, 1.807) is 0 Å². The number of hydrogen-bond acceptors (Lipinski definition) is 2. The third kappa shape index (κ3) is 2.43. The molecule has 0 bridgehead atoms. The molecule has 2 rings (SSSR count). The van der Waals surface area contributed by atoms with Crippen LogP contribution in [-0.2, 0) is 0 Å². The molecule has 1 aliphatic heterocycles. The molecule has 0 amide bonds. The van der Waals surface area contributed by atoms with E-state index in [0.29, 0.717) is 0 Å². The summed E-state index contributed by atoms with van der Waals surface area (Å²) >= 11 is 0. The second kappa shape index (κ2) is 5.50. The molecule has 2 heteroatoms. The molecule has 1 saturated heterocycles. The van der Waals surface area contributed by atoms with Gasteiger partial charge in [-0.15, -0.1) is 0 Å². The third-order valence-electron chi connectivity index (χ3n) is 4.88. The summed E-state index contributed by atoms with van der Waals surface area (Å²) in [6, 6.07) is 1.55. The Bertz CT molecular complexity index is 211. The molecule has 1 N–H and O–H groups in total. The van der Waals surface area contributed by atoms with Crippen molar-refractivity contribution >= 4 is 0 Å². The quantitative estimate of drug-likeness (QED) is 0.775. The van der Waals surface area contributed by atoms with Crippen LogP contribution in [0.3, 0.4) is 0 Å². The molecule has 0 aromatic heterocycles. The normalized spacial score (nSPS) is 38.8. The minimum Gasteiger partial charge on any atom is -0.312 e. The summed E-state index contributed by atoms with van der Waals surface area (Å²) in [5.41, 5.74) is 0. The Balaban J connectivity index is 2.09. The van der Waals surface area contributed by atoms with Crippen molar-refractivity contribution in [3.05, 3.63) is 0 Å². The van der Waals surface area contributed by atoms with E-state index < -0.39 is 0 Å². The molecule has 0 radical (unpaired) electrons. The van der Waals surface area contributed by atoms with Crippen molar-refractivity contribution in [1.82, 2.24) is 10.2 Å². The Labute approximate surface area is 101 Å². The molecule has 1 saturated carbocycles. The lowest BCUT2D eigenvalue weighted by Crippen LogP contribution is -2.45. The smallest absolute Gasteiger partial charge is 0.0161 e. The van der Waals surface area contributed by atoms with Gasteiger partial charge in [-0.25, -0.2) is 0 Å². The molecular weight excluding hydrogens is 196 g/mol. The highest BCUT2D eigenvalue weighted by Crippen LogP contribution is 2.35. The van der Waals surface area contributed by atoms with E-state index in [-0.39, 0.29) is 0 Å². The fourth-order valence-electron chi connectivity index (χ4n) is 4.00. The van der Waals surface area contributed by atoms with Gasteiger partial charge in [-0.05, 0) is 38.1 Å². The Hall–Kier alpha value is -0.0800. The van der Waals surface area contributed by atoms with Gasteiger partial charge < -0.3 is 10.2 Å². The number of likely N-dealkylation sites (N-methyl/N-ethyl adjacent to an activating group) is 1. The molecule has 1 aliphatic carbocycles. The van der Waals surface area contributed by atoms with Gasteiger partial charge in [0.1, 0.15) is 0 Å². The van der Waals surface area contributed by atoms with Gasteiger partial charge in [0.05, 0.1) is 0 Å². The fraction of sp³-hybridized carbons (Fsp3) is 1.00. The maximum Gasteiger partial charge on any atom is 0.0161 e. The van der Waals surface area contributed by atoms with Gasteiger partial charge in [-0.1, -0.05) is 26.7 Å². The molecule has 2 fully saturated rings. The highest BCUT2D eigenvalue weighted by atomic mass is 15.2. The first-order valence-corrected chi connectivity index (χ1v) is 7.17. The van der Waals surface area contributed by atoms with Gasteiger partial charge >= 0.3 is 0 Å². The molecule has 1 heterocycles. The highest BCUT2D eigenvalue weighted by molar-refractivity contribution is 4.92. The molecule has 16 heavy (non-hydrogen) atoms. The summed E-state index contributed by atoms with van der Waals surface area (Å²) in [4.78, 5) is 2.63. The van der Waals surface area contributed by atoms with Crippen LogP contribution >= 0.6 is 0 Å². The predicted octanol–water partition coefficient (Wildman–Crippen LogP) is 2.49. The largest absolute Gasteiger partial charge is 0.312 e. The number of nitrogens with one attached hydrogen (secondary N) is 1. The lowest BCUT2D eigenvalue weighted by molar-refractivity contribution is 0.128. The lowest BCUT2D eigenvalue weighted by atomic mass is 9.82. The summed E-state index contributed by atoms with van der Waals surface area (Å²) < 4.78 is 0. The van der Waals surface area contributed by atoms with Gasteiger partial charge in [0.25, 0.3) is 0 Å². The standard InChI is InChI=1S/C14H28N2/c1-4-13-11(2)14(12-7-5-6-8-12)16(3)10-9-15-13/h11-15H,4-10H2,1-3H3/t11-,13?,14-/m1/s1. The first-order chi connectivity index (χ1) is 7.74. The third-order valence-corrected chi connectivity index (χ3v) is 4.88. The van der Waals surface area contributed by atoms with Gasteiger partial charge in [0.2, 0.25) is 0 Å². The highest BCUT2D eigenvalue weighted by Gasteiger charge is 2.36. The molecule has 3 atom stereocenters. The van der Waals surface area contributed by atoms with Crippen molar-refractivity contribution in [2.45, 2.75) is 58.0 Å². The zero-order valence-corrected chi connectivity index (χ0v) is 11.2. The van der Waals surface area contributed by atoms with Crippen molar-refractivity contribution in [2.75, 3.05) is 20.1 Å². The number of hydrogen-bond donors (Lipinski definition) is 1. The van der Waals surface area contributed by atoms with Crippen LogP contribution in [0.15, 0.2) is 0 Å². The molecule has 0 spiro atoms. The Kier molecular flexibility index (Phi) is 4.26. The molecule has 94 valence electrons. The van der Waals surface area contributed by atoms with Crippen LogP contribution in [0.1, 0.15) is 46.0 Å². The summed E-state index contributed by atoms with van der Waals surface area (Å²) in [5, 5.41) is 3.72. The molecule has 2 aliphatic rings. The first kappa shape index (κ1) is 12.4. The maximum atomic E-state index is 3.72. The van der Waals surface area contributed by atoms with Crippen LogP contribution in [0.2, 0.25) is 0 Å². The summed E-state index contributed by atoms with van der Waals surface area (Å²) in [7, 11) is 2.33. The minimum absolute atomic E-state index is 0.732. The van der Waals surface area contributed by atoms with Crippen LogP contribution in [0.5, 0.6) is 0 Å². The maximum absolute atomic E-state index is 3.72. The van der Waals surface area contributed by atoms with Crippen molar-refractivity contribution in [3.8, 4) is 0 Å². The van der Waals surface area contributed by atoms with Crippen LogP contribution in [-0.4, -0.2) is 37.1 Å². The van der Waals surface area contributed by atoms with E-state index in [9.17, 15) is 0 Å². The zero-order valence-electron chi connectivity index (χ0n) is 11.2. The molecule has 0 aromatic carbocycles. The van der Waals surface area contributed by atoms with E-state index in [4.69, 9.17) is 0 Å². The molecule has 1 unspecified atom stereocenters. The molecular formula is C14H28N2. The summed E-state index contributed by atoms with van der Waals surface area (Å²) in [5.74, 6) is 1.77. The van der Waals surface area contributed by atoms with E-state index in [2.05, 4.69) is 31.1 Å². The van der Waals surface area contributed by atoms with Gasteiger partial charge in [0.15, 0.2) is 0 Å². The molecule has 2 nitrogen and oxygen atoms in total. The molecule has 0 aromatic rings. The minimum atomic E-state index is 0.732. The van der Waals surface area contributed by atoms with Crippen LogP contribution in [0.4, 0.5) is 0 Å². The Morgan fingerprint density at radius 2 is 1.94 bits per heavy atom.